The summed E-state index contributed by atoms with van der Waals surface area (Å²) in [7, 11) is 0. The van der Waals surface area contributed by atoms with Crippen molar-refractivity contribution in [2.75, 3.05) is 13.2 Å². The molecule has 334 valence electrons. The molecule has 58 heavy (non-hydrogen) atoms. The molecule has 5 nitrogen and oxygen atoms in total. The van der Waals surface area contributed by atoms with Gasteiger partial charge in [0, 0.05) is 12.8 Å². The maximum Gasteiger partial charge on any atom is 0.306 e. The number of allylic oxidation sites excluding steroid dienone is 12. The number of rotatable bonds is 44. The Balaban J connectivity index is 3.51. The third kappa shape index (κ3) is 46.0. The van der Waals surface area contributed by atoms with E-state index in [1.54, 1.807) is 0 Å². The molecular weight excluding hydrogens is 717 g/mol. The van der Waals surface area contributed by atoms with Crippen LogP contribution in [-0.2, 0) is 19.1 Å². The summed E-state index contributed by atoms with van der Waals surface area (Å²) in [6, 6.07) is 0. The molecule has 5 heteroatoms. The summed E-state index contributed by atoms with van der Waals surface area (Å²) < 4.78 is 10.7. The van der Waals surface area contributed by atoms with Crippen LogP contribution in [0.1, 0.15) is 232 Å². The van der Waals surface area contributed by atoms with Crippen molar-refractivity contribution in [2.45, 2.75) is 238 Å². The molecule has 0 aliphatic rings. The van der Waals surface area contributed by atoms with Crippen LogP contribution in [0, 0.1) is 0 Å². The molecule has 0 saturated carbocycles. The Labute approximate surface area is 359 Å². The second kappa shape index (κ2) is 48.7. The van der Waals surface area contributed by atoms with Gasteiger partial charge < -0.3 is 14.6 Å². The van der Waals surface area contributed by atoms with Crippen LogP contribution in [0.2, 0.25) is 0 Å². The average molecular weight is 809 g/mol. The zero-order valence-electron chi connectivity index (χ0n) is 38.0. The maximum atomic E-state index is 12.3. The van der Waals surface area contributed by atoms with Gasteiger partial charge in [-0.05, 0) is 83.5 Å². The quantitative estimate of drug-likeness (QED) is 0.0377. The zero-order valence-corrected chi connectivity index (χ0v) is 38.0. The van der Waals surface area contributed by atoms with Gasteiger partial charge in [-0.1, -0.05) is 209 Å². The monoisotopic (exact) mass is 809 g/mol. The van der Waals surface area contributed by atoms with Crippen molar-refractivity contribution in [1.82, 2.24) is 0 Å². The van der Waals surface area contributed by atoms with E-state index in [0.29, 0.717) is 12.8 Å². The normalized spacial score (nSPS) is 12.8. The van der Waals surface area contributed by atoms with Crippen molar-refractivity contribution >= 4 is 11.9 Å². The highest BCUT2D eigenvalue weighted by atomic mass is 16.6. The molecule has 0 radical (unpaired) electrons. The Morgan fingerprint density at radius 1 is 0.414 bits per heavy atom. The van der Waals surface area contributed by atoms with E-state index in [1.165, 1.54) is 128 Å². The number of hydrogen-bond acceptors (Lipinski definition) is 5. The Kier molecular flexibility index (Phi) is 46.5. The minimum atomic E-state index is -0.778. The molecule has 0 fully saturated rings. The molecule has 0 rings (SSSR count). The fourth-order valence-electron chi connectivity index (χ4n) is 6.81. The van der Waals surface area contributed by atoms with Crippen molar-refractivity contribution in [2.24, 2.45) is 0 Å². The number of aliphatic hydroxyl groups excluding tert-OH is 1. The standard InChI is InChI=1S/C53H92O5/c1-3-5-7-9-11-13-15-17-19-21-22-23-24-25-26-27-28-29-30-32-34-36-38-40-42-44-46-48-53(56)58-51(49-54)50-57-52(55)47-45-43-41-39-37-35-33-31-20-18-16-14-12-10-8-6-4-2/h5,7,11-14,17-20,22-23,51,54H,3-4,6,8-10,15-16,21,24-50H2,1-2H3/b7-5-,13-11-,14-12-,19-17-,20-18-,23-22-. The highest BCUT2D eigenvalue weighted by molar-refractivity contribution is 5.70. The summed E-state index contributed by atoms with van der Waals surface area (Å²) in [6.45, 7) is 4.00. The van der Waals surface area contributed by atoms with Gasteiger partial charge in [0.15, 0.2) is 6.10 Å². The molecule has 0 aromatic rings. The fraction of sp³-hybridized carbons (Fsp3) is 0.736. The van der Waals surface area contributed by atoms with E-state index >= 15 is 0 Å². The third-order valence-electron chi connectivity index (χ3n) is 10.5. The van der Waals surface area contributed by atoms with Gasteiger partial charge in [-0.15, -0.1) is 0 Å². The minimum absolute atomic E-state index is 0.0714. The summed E-state index contributed by atoms with van der Waals surface area (Å²) in [4.78, 5) is 24.4. The number of unbranched alkanes of at least 4 members (excludes halogenated alkanes) is 24. The van der Waals surface area contributed by atoms with E-state index in [1.807, 2.05) is 0 Å². The molecular formula is C53H92O5. The lowest BCUT2D eigenvalue weighted by Crippen LogP contribution is -2.28. The number of carbonyl (C=O) groups is 2. The van der Waals surface area contributed by atoms with Gasteiger partial charge in [-0.25, -0.2) is 0 Å². The molecule has 1 N–H and O–H groups in total. The maximum absolute atomic E-state index is 12.3. The molecule has 0 aliphatic carbocycles. The van der Waals surface area contributed by atoms with Gasteiger partial charge in [0.25, 0.3) is 0 Å². The number of aliphatic hydroxyl groups is 1. The number of ether oxygens (including phenoxy) is 2. The smallest absolute Gasteiger partial charge is 0.306 e. The van der Waals surface area contributed by atoms with Gasteiger partial charge in [0.1, 0.15) is 6.61 Å². The molecule has 0 saturated heterocycles. The molecule has 0 aromatic carbocycles. The summed E-state index contributed by atoms with van der Waals surface area (Å²) in [5.41, 5.74) is 0. The lowest BCUT2D eigenvalue weighted by Gasteiger charge is -2.15. The van der Waals surface area contributed by atoms with E-state index < -0.39 is 6.10 Å². The van der Waals surface area contributed by atoms with Crippen LogP contribution < -0.4 is 0 Å². The van der Waals surface area contributed by atoms with E-state index in [-0.39, 0.29) is 25.2 Å². The highest BCUT2D eigenvalue weighted by Gasteiger charge is 2.16. The molecule has 0 bridgehead atoms. The molecule has 0 aliphatic heterocycles. The Hall–Kier alpha value is -2.66. The van der Waals surface area contributed by atoms with Crippen LogP contribution in [0.25, 0.3) is 0 Å². The first-order chi connectivity index (χ1) is 28.6. The van der Waals surface area contributed by atoms with Crippen LogP contribution in [0.3, 0.4) is 0 Å². The van der Waals surface area contributed by atoms with Crippen LogP contribution in [0.5, 0.6) is 0 Å². The predicted octanol–water partition coefficient (Wildman–Crippen LogP) is 16.1. The lowest BCUT2D eigenvalue weighted by atomic mass is 10.0. The average Bonchev–Trinajstić information content (AvgIpc) is 3.23. The van der Waals surface area contributed by atoms with Gasteiger partial charge in [0.2, 0.25) is 0 Å². The predicted molar refractivity (Wildman–Crippen MR) is 251 cm³/mol. The largest absolute Gasteiger partial charge is 0.462 e. The van der Waals surface area contributed by atoms with Crippen LogP contribution >= 0.6 is 0 Å². The van der Waals surface area contributed by atoms with Crippen LogP contribution in [0.4, 0.5) is 0 Å². The number of esters is 2. The first kappa shape index (κ1) is 55.3. The summed E-state index contributed by atoms with van der Waals surface area (Å²) in [5.74, 6) is -0.598. The molecule has 1 atom stereocenters. The summed E-state index contributed by atoms with van der Waals surface area (Å²) in [6.07, 6.45) is 65.6. The first-order valence-electron chi connectivity index (χ1n) is 24.5. The Bertz CT molecular complexity index is 1050. The van der Waals surface area contributed by atoms with Gasteiger partial charge in [0.05, 0.1) is 6.61 Å². The minimum Gasteiger partial charge on any atom is -0.462 e. The lowest BCUT2D eigenvalue weighted by molar-refractivity contribution is -0.161. The van der Waals surface area contributed by atoms with Crippen molar-refractivity contribution < 1.29 is 24.2 Å². The van der Waals surface area contributed by atoms with E-state index in [9.17, 15) is 14.7 Å². The van der Waals surface area contributed by atoms with Gasteiger partial charge >= 0.3 is 11.9 Å². The Morgan fingerprint density at radius 2 is 0.741 bits per heavy atom. The molecule has 0 spiro atoms. The summed E-state index contributed by atoms with van der Waals surface area (Å²) in [5, 5.41) is 9.61. The van der Waals surface area contributed by atoms with Crippen LogP contribution in [-0.4, -0.2) is 36.4 Å². The highest BCUT2D eigenvalue weighted by Crippen LogP contribution is 2.15. The first-order valence-corrected chi connectivity index (χ1v) is 24.5. The molecule has 0 amide bonds. The second-order valence-corrected chi connectivity index (χ2v) is 16.2. The van der Waals surface area contributed by atoms with E-state index in [4.69, 9.17) is 9.47 Å². The Morgan fingerprint density at radius 3 is 1.12 bits per heavy atom. The summed E-state index contributed by atoms with van der Waals surface area (Å²) >= 11 is 0. The molecule has 0 aromatic heterocycles. The fourth-order valence-corrected chi connectivity index (χ4v) is 6.81. The van der Waals surface area contributed by atoms with Gasteiger partial charge in [-0.2, -0.15) is 0 Å². The second-order valence-electron chi connectivity index (χ2n) is 16.2. The topological polar surface area (TPSA) is 72.8 Å². The van der Waals surface area contributed by atoms with Gasteiger partial charge in [-0.3, -0.25) is 9.59 Å². The molecule has 1 unspecified atom stereocenters. The third-order valence-corrected chi connectivity index (χ3v) is 10.5. The molecule has 0 heterocycles. The SMILES string of the molecule is CC/C=C\C/C=C\C/C=C\C/C=C\CCCCCCCCCCCCCCCCC(=O)OC(CO)COC(=O)CCCCCCCCC/C=C\C/C=C\CCCCC. The van der Waals surface area contributed by atoms with Crippen molar-refractivity contribution in [3.05, 3.63) is 72.9 Å². The number of hydrogen-bond donors (Lipinski definition) is 1. The zero-order chi connectivity index (χ0) is 42.1. The van der Waals surface area contributed by atoms with E-state index in [0.717, 1.165) is 77.0 Å². The van der Waals surface area contributed by atoms with E-state index in [2.05, 4.69) is 86.8 Å². The number of carbonyl (C=O) groups excluding carboxylic acids is 2. The van der Waals surface area contributed by atoms with Crippen molar-refractivity contribution in [3.8, 4) is 0 Å². The van der Waals surface area contributed by atoms with Crippen molar-refractivity contribution in [3.63, 3.8) is 0 Å². The van der Waals surface area contributed by atoms with Crippen LogP contribution in [0.15, 0.2) is 72.9 Å². The van der Waals surface area contributed by atoms with Crippen molar-refractivity contribution in [1.29, 1.82) is 0 Å².